The molecular weight excluding hydrogens is 348 g/mol. The zero-order chi connectivity index (χ0) is 18.4. The summed E-state index contributed by atoms with van der Waals surface area (Å²) in [6.07, 6.45) is 1.92. The van der Waals surface area contributed by atoms with Crippen LogP contribution in [0, 0.1) is 27.7 Å². The third-order valence-electron chi connectivity index (χ3n) is 5.20. The highest BCUT2D eigenvalue weighted by Gasteiger charge is 2.28. The van der Waals surface area contributed by atoms with Crippen molar-refractivity contribution in [2.75, 3.05) is 13.1 Å². The zero-order valence-electron chi connectivity index (χ0n) is 15.7. The van der Waals surface area contributed by atoms with E-state index in [1.165, 1.54) is 16.2 Å². The highest BCUT2D eigenvalue weighted by molar-refractivity contribution is 7.15. The summed E-state index contributed by atoms with van der Waals surface area (Å²) < 4.78 is 3.94. The summed E-state index contributed by atoms with van der Waals surface area (Å²) in [5.41, 5.74) is 2.45. The number of carbonyl (C=O) groups is 1. The standard InChI is InChI=1S/C18H24N6OS/c1-11-10-26-18-17(20-14(4)24(11)18)15-5-7-22(8-6-15)16(25)9-23-13(3)19-12(2)21-23/h10,15H,5-9H2,1-4H3. The number of piperidine rings is 1. The number of rotatable bonds is 3. The molecule has 0 saturated carbocycles. The minimum absolute atomic E-state index is 0.120. The first-order valence-electron chi connectivity index (χ1n) is 9.03. The van der Waals surface area contributed by atoms with Crippen LogP contribution in [0.2, 0.25) is 0 Å². The SMILES string of the molecule is Cc1nc(C)n(CC(=O)N2CCC(c3nc(C)n4c(C)csc34)CC2)n1. The van der Waals surface area contributed by atoms with Crippen molar-refractivity contribution in [1.82, 2.24) is 29.0 Å². The monoisotopic (exact) mass is 372 g/mol. The van der Waals surface area contributed by atoms with E-state index in [0.717, 1.165) is 37.6 Å². The second-order valence-corrected chi connectivity index (χ2v) is 7.94. The fourth-order valence-electron chi connectivity index (χ4n) is 3.86. The molecule has 4 heterocycles. The summed E-state index contributed by atoms with van der Waals surface area (Å²) >= 11 is 1.77. The summed E-state index contributed by atoms with van der Waals surface area (Å²) in [4.78, 5) is 24.9. The van der Waals surface area contributed by atoms with Gasteiger partial charge in [0.25, 0.3) is 0 Å². The van der Waals surface area contributed by atoms with Crippen LogP contribution >= 0.6 is 11.3 Å². The summed E-state index contributed by atoms with van der Waals surface area (Å²) in [7, 11) is 0. The fraction of sp³-hybridized carbons (Fsp3) is 0.556. The van der Waals surface area contributed by atoms with Gasteiger partial charge in [-0.25, -0.2) is 14.6 Å². The Morgan fingerprint density at radius 2 is 1.88 bits per heavy atom. The molecule has 0 radical (unpaired) electrons. The Bertz CT molecular complexity index is 960. The van der Waals surface area contributed by atoms with E-state index in [0.29, 0.717) is 11.7 Å². The first kappa shape index (κ1) is 17.2. The molecule has 1 aliphatic rings. The molecule has 0 spiro atoms. The maximum absolute atomic E-state index is 12.6. The topological polar surface area (TPSA) is 68.3 Å². The van der Waals surface area contributed by atoms with Crippen molar-refractivity contribution in [2.45, 2.75) is 53.0 Å². The first-order valence-corrected chi connectivity index (χ1v) is 9.91. The Balaban J connectivity index is 1.43. The predicted molar refractivity (Wildman–Crippen MR) is 101 cm³/mol. The summed E-state index contributed by atoms with van der Waals surface area (Å²) in [5, 5.41) is 6.48. The fourth-order valence-corrected chi connectivity index (χ4v) is 4.97. The van der Waals surface area contributed by atoms with Crippen molar-refractivity contribution < 1.29 is 4.79 Å². The quantitative estimate of drug-likeness (QED) is 0.709. The largest absolute Gasteiger partial charge is 0.341 e. The number of likely N-dealkylation sites (tertiary alicyclic amines) is 1. The van der Waals surface area contributed by atoms with Crippen LogP contribution in [0.4, 0.5) is 0 Å². The van der Waals surface area contributed by atoms with Crippen LogP contribution in [-0.2, 0) is 11.3 Å². The summed E-state index contributed by atoms with van der Waals surface area (Å²) in [6, 6.07) is 0. The second kappa shape index (κ2) is 6.50. The minimum Gasteiger partial charge on any atom is -0.341 e. The van der Waals surface area contributed by atoms with Gasteiger partial charge in [-0.2, -0.15) is 5.10 Å². The first-order chi connectivity index (χ1) is 12.4. The van der Waals surface area contributed by atoms with Crippen molar-refractivity contribution in [3.63, 3.8) is 0 Å². The average Bonchev–Trinajstić information content (AvgIpc) is 3.25. The van der Waals surface area contributed by atoms with Gasteiger partial charge in [0, 0.05) is 30.1 Å². The highest BCUT2D eigenvalue weighted by atomic mass is 32.1. The molecule has 26 heavy (non-hydrogen) atoms. The number of thiazole rings is 1. The van der Waals surface area contributed by atoms with Gasteiger partial charge in [0.15, 0.2) is 0 Å². The van der Waals surface area contributed by atoms with Crippen molar-refractivity contribution >= 4 is 22.1 Å². The molecule has 0 aromatic carbocycles. The number of aryl methyl sites for hydroxylation is 4. The molecule has 0 N–H and O–H groups in total. The van der Waals surface area contributed by atoms with Gasteiger partial charge in [0.05, 0.1) is 5.69 Å². The number of amides is 1. The molecule has 4 rings (SSSR count). The molecule has 1 fully saturated rings. The average molecular weight is 372 g/mol. The Kier molecular flexibility index (Phi) is 4.30. The number of carbonyl (C=O) groups excluding carboxylic acids is 1. The van der Waals surface area contributed by atoms with E-state index in [1.54, 1.807) is 16.0 Å². The molecule has 3 aromatic rings. The van der Waals surface area contributed by atoms with E-state index in [1.807, 2.05) is 18.7 Å². The number of fused-ring (bicyclic) bond motifs is 1. The van der Waals surface area contributed by atoms with Gasteiger partial charge in [-0.15, -0.1) is 11.3 Å². The van der Waals surface area contributed by atoms with Crippen LogP contribution < -0.4 is 0 Å². The molecule has 0 unspecified atom stereocenters. The molecule has 0 atom stereocenters. The lowest BCUT2D eigenvalue weighted by Crippen LogP contribution is -2.40. The van der Waals surface area contributed by atoms with Crippen LogP contribution in [0.1, 0.15) is 47.6 Å². The predicted octanol–water partition coefficient (Wildman–Crippen LogP) is 2.63. The molecule has 0 aliphatic carbocycles. The van der Waals surface area contributed by atoms with Gasteiger partial charge < -0.3 is 4.90 Å². The third kappa shape index (κ3) is 2.92. The van der Waals surface area contributed by atoms with Crippen molar-refractivity contribution in [1.29, 1.82) is 0 Å². The van der Waals surface area contributed by atoms with E-state index in [2.05, 4.69) is 33.7 Å². The lowest BCUT2D eigenvalue weighted by molar-refractivity contribution is -0.133. The van der Waals surface area contributed by atoms with Crippen molar-refractivity contribution in [2.24, 2.45) is 0 Å². The Hall–Kier alpha value is -2.22. The van der Waals surface area contributed by atoms with Gasteiger partial charge in [0.2, 0.25) is 5.91 Å². The Morgan fingerprint density at radius 3 is 2.54 bits per heavy atom. The molecule has 1 amide bonds. The second-order valence-electron chi connectivity index (χ2n) is 7.08. The molecule has 3 aromatic heterocycles. The number of nitrogens with zero attached hydrogens (tertiary/aromatic N) is 6. The van der Waals surface area contributed by atoms with E-state index in [4.69, 9.17) is 4.98 Å². The molecular formula is C18H24N6OS. The normalized spacial score (nSPS) is 15.9. The number of aromatic nitrogens is 5. The van der Waals surface area contributed by atoms with Crippen molar-refractivity contribution in [3.8, 4) is 0 Å². The smallest absolute Gasteiger partial charge is 0.244 e. The van der Waals surface area contributed by atoms with Crippen LogP contribution in [0.5, 0.6) is 0 Å². The van der Waals surface area contributed by atoms with Crippen LogP contribution in [-0.4, -0.2) is 48.0 Å². The lowest BCUT2D eigenvalue weighted by Gasteiger charge is -2.31. The molecule has 1 aliphatic heterocycles. The Labute approximate surface area is 156 Å². The van der Waals surface area contributed by atoms with Crippen LogP contribution in [0.3, 0.4) is 0 Å². The van der Waals surface area contributed by atoms with Crippen LogP contribution in [0.25, 0.3) is 4.83 Å². The van der Waals surface area contributed by atoms with E-state index >= 15 is 0 Å². The maximum Gasteiger partial charge on any atom is 0.244 e. The summed E-state index contributed by atoms with van der Waals surface area (Å²) in [5.74, 6) is 3.10. The molecule has 1 saturated heterocycles. The van der Waals surface area contributed by atoms with E-state index in [9.17, 15) is 4.79 Å². The minimum atomic E-state index is 0.120. The van der Waals surface area contributed by atoms with Gasteiger partial charge >= 0.3 is 0 Å². The van der Waals surface area contributed by atoms with Gasteiger partial charge in [-0.3, -0.25) is 9.20 Å². The maximum atomic E-state index is 12.6. The third-order valence-corrected chi connectivity index (χ3v) is 6.28. The molecule has 7 nitrogen and oxygen atoms in total. The summed E-state index contributed by atoms with van der Waals surface area (Å²) in [6.45, 7) is 9.75. The van der Waals surface area contributed by atoms with E-state index < -0.39 is 0 Å². The highest BCUT2D eigenvalue weighted by Crippen LogP contribution is 2.33. The molecule has 8 heteroatoms. The number of hydrogen-bond acceptors (Lipinski definition) is 5. The van der Waals surface area contributed by atoms with Crippen molar-refractivity contribution in [3.05, 3.63) is 34.2 Å². The molecule has 138 valence electrons. The Morgan fingerprint density at radius 1 is 1.15 bits per heavy atom. The zero-order valence-corrected chi connectivity index (χ0v) is 16.5. The number of hydrogen-bond donors (Lipinski definition) is 0. The van der Waals surface area contributed by atoms with Gasteiger partial charge in [-0.05, 0) is 40.5 Å². The van der Waals surface area contributed by atoms with Crippen LogP contribution in [0.15, 0.2) is 5.38 Å². The lowest BCUT2D eigenvalue weighted by atomic mass is 9.94. The van der Waals surface area contributed by atoms with Gasteiger partial charge in [-0.1, -0.05) is 0 Å². The van der Waals surface area contributed by atoms with Gasteiger partial charge in [0.1, 0.15) is 28.8 Å². The van der Waals surface area contributed by atoms with E-state index in [-0.39, 0.29) is 12.5 Å². The number of imidazole rings is 1. The molecule has 0 bridgehead atoms.